The lowest BCUT2D eigenvalue weighted by Crippen LogP contribution is -2.31. The molecule has 1 saturated carbocycles. The summed E-state index contributed by atoms with van der Waals surface area (Å²) in [4.78, 5) is 23.7. The van der Waals surface area contributed by atoms with Crippen molar-refractivity contribution in [1.29, 1.82) is 0 Å². The molecule has 1 unspecified atom stereocenters. The van der Waals surface area contributed by atoms with Crippen molar-refractivity contribution in [2.45, 2.75) is 19.3 Å². The van der Waals surface area contributed by atoms with Crippen molar-refractivity contribution in [1.82, 2.24) is 5.32 Å². The lowest BCUT2D eigenvalue weighted by atomic mass is 9.91. The van der Waals surface area contributed by atoms with Crippen LogP contribution in [0.3, 0.4) is 0 Å². The molecule has 2 aliphatic rings. The SMILES string of the molecule is O=C(O)c1cc(I)ccc1NC(=O)C1CC12CCNCC2. The number of piperidine rings is 1. The third-order valence-electron chi connectivity index (χ3n) is 4.58. The van der Waals surface area contributed by atoms with Gasteiger partial charge in [0, 0.05) is 9.49 Å². The van der Waals surface area contributed by atoms with Gasteiger partial charge in [-0.25, -0.2) is 4.79 Å². The monoisotopic (exact) mass is 400 g/mol. The molecule has 2 fully saturated rings. The number of carboxylic acid groups (broad SMARTS) is 1. The molecule has 1 aliphatic heterocycles. The summed E-state index contributed by atoms with van der Waals surface area (Å²) in [5.41, 5.74) is 0.696. The third kappa shape index (κ3) is 2.91. The van der Waals surface area contributed by atoms with Crippen molar-refractivity contribution in [3.63, 3.8) is 0 Å². The number of anilines is 1. The second-order valence-electron chi connectivity index (χ2n) is 5.85. The van der Waals surface area contributed by atoms with E-state index < -0.39 is 5.97 Å². The molecule has 0 bridgehead atoms. The van der Waals surface area contributed by atoms with Crippen LogP contribution in [0.4, 0.5) is 5.69 Å². The van der Waals surface area contributed by atoms with Gasteiger partial charge in [-0.2, -0.15) is 0 Å². The maximum atomic E-state index is 12.4. The Bertz CT molecular complexity index is 597. The van der Waals surface area contributed by atoms with Crippen molar-refractivity contribution >= 4 is 40.2 Å². The normalized spacial score (nSPS) is 22.8. The molecule has 1 amide bonds. The van der Waals surface area contributed by atoms with E-state index in [2.05, 4.69) is 33.2 Å². The van der Waals surface area contributed by atoms with E-state index in [9.17, 15) is 14.7 Å². The summed E-state index contributed by atoms with van der Waals surface area (Å²) in [5.74, 6) is -1.03. The maximum absolute atomic E-state index is 12.4. The molecule has 1 aromatic carbocycles. The molecule has 1 saturated heterocycles. The summed E-state index contributed by atoms with van der Waals surface area (Å²) in [5, 5.41) is 15.4. The average molecular weight is 400 g/mol. The maximum Gasteiger partial charge on any atom is 0.337 e. The van der Waals surface area contributed by atoms with E-state index >= 15 is 0 Å². The Labute approximate surface area is 136 Å². The lowest BCUT2D eigenvalue weighted by Gasteiger charge is -2.23. The topological polar surface area (TPSA) is 78.4 Å². The van der Waals surface area contributed by atoms with Gasteiger partial charge in [0.25, 0.3) is 0 Å². The van der Waals surface area contributed by atoms with Gasteiger partial charge in [0.2, 0.25) is 5.91 Å². The van der Waals surface area contributed by atoms with Gasteiger partial charge in [-0.05, 0) is 78.6 Å². The predicted octanol–water partition coefficient (Wildman–Crippen LogP) is 2.32. The van der Waals surface area contributed by atoms with E-state index in [-0.39, 0.29) is 22.8 Å². The van der Waals surface area contributed by atoms with Gasteiger partial charge < -0.3 is 15.7 Å². The van der Waals surface area contributed by atoms with E-state index in [4.69, 9.17) is 0 Å². The minimum absolute atomic E-state index is 0.0283. The number of nitrogens with one attached hydrogen (secondary N) is 2. The fourth-order valence-electron chi connectivity index (χ4n) is 3.22. The largest absolute Gasteiger partial charge is 0.478 e. The van der Waals surface area contributed by atoms with Crippen LogP contribution >= 0.6 is 22.6 Å². The zero-order valence-electron chi connectivity index (χ0n) is 11.5. The summed E-state index contributed by atoms with van der Waals surface area (Å²) in [6.07, 6.45) is 2.99. The number of amides is 1. The second kappa shape index (κ2) is 5.57. The third-order valence-corrected chi connectivity index (χ3v) is 5.25. The van der Waals surface area contributed by atoms with E-state index in [1.165, 1.54) is 0 Å². The Balaban J connectivity index is 1.73. The van der Waals surface area contributed by atoms with Crippen molar-refractivity contribution in [2.75, 3.05) is 18.4 Å². The van der Waals surface area contributed by atoms with E-state index in [0.717, 1.165) is 35.9 Å². The number of halogens is 1. The van der Waals surface area contributed by atoms with Gasteiger partial charge in [-0.15, -0.1) is 0 Å². The van der Waals surface area contributed by atoms with Crippen LogP contribution in [0.2, 0.25) is 0 Å². The Morgan fingerprint density at radius 3 is 2.71 bits per heavy atom. The summed E-state index contributed by atoms with van der Waals surface area (Å²) in [6, 6.07) is 5.04. The van der Waals surface area contributed by atoms with Crippen LogP contribution in [0.5, 0.6) is 0 Å². The molecule has 1 aromatic rings. The van der Waals surface area contributed by atoms with Crippen molar-refractivity contribution in [3.05, 3.63) is 27.3 Å². The second-order valence-corrected chi connectivity index (χ2v) is 7.10. The van der Waals surface area contributed by atoms with Gasteiger partial charge in [0.05, 0.1) is 11.3 Å². The number of benzene rings is 1. The standard InChI is InChI=1S/C15H17IN2O3/c16-9-1-2-12(10(7-9)14(20)21)18-13(19)11-8-15(11)3-5-17-6-4-15/h1-2,7,11,17H,3-6,8H2,(H,18,19)(H,20,21). The highest BCUT2D eigenvalue weighted by Crippen LogP contribution is 2.58. The Morgan fingerprint density at radius 1 is 1.33 bits per heavy atom. The van der Waals surface area contributed by atoms with Crippen LogP contribution in [0.1, 0.15) is 29.6 Å². The van der Waals surface area contributed by atoms with E-state index in [1.54, 1.807) is 18.2 Å². The van der Waals surface area contributed by atoms with Gasteiger partial charge in [-0.3, -0.25) is 4.79 Å². The quantitative estimate of drug-likeness (QED) is 0.681. The highest BCUT2D eigenvalue weighted by Gasteiger charge is 2.57. The molecular formula is C15H17IN2O3. The molecule has 3 rings (SSSR count). The number of carbonyl (C=O) groups is 2. The van der Waals surface area contributed by atoms with Crippen molar-refractivity contribution in [2.24, 2.45) is 11.3 Å². The van der Waals surface area contributed by atoms with Crippen LogP contribution < -0.4 is 10.6 Å². The highest BCUT2D eigenvalue weighted by atomic mass is 127. The van der Waals surface area contributed by atoms with E-state index in [0.29, 0.717) is 5.69 Å². The van der Waals surface area contributed by atoms with Crippen LogP contribution in [0, 0.1) is 14.9 Å². The zero-order valence-corrected chi connectivity index (χ0v) is 13.6. The minimum Gasteiger partial charge on any atom is -0.478 e. The Hall–Kier alpha value is -1.15. The van der Waals surface area contributed by atoms with Crippen LogP contribution in [-0.2, 0) is 4.79 Å². The molecule has 112 valence electrons. The number of hydrogen-bond donors (Lipinski definition) is 3. The molecule has 0 radical (unpaired) electrons. The molecule has 0 aromatic heterocycles. The fourth-order valence-corrected chi connectivity index (χ4v) is 3.71. The number of rotatable bonds is 3. The zero-order chi connectivity index (χ0) is 15.0. The van der Waals surface area contributed by atoms with Crippen molar-refractivity contribution in [3.8, 4) is 0 Å². The van der Waals surface area contributed by atoms with Gasteiger partial charge in [0.1, 0.15) is 0 Å². The van der Waals surface area contributed by atoms with Crippen LogP contribution in [0.25, 0.3) is 0 Å². The Morgan fingerprint density at radius 2 is 2.05 bits per heavy atom. The Kier molecular flexibility index (Phi) is 3.92. The van der Waals surface area contributed by atoms with Gasteiger partial charge in [-0.1, -0.05) is 0 Å². The van der Waals surface area contributed by atoms with E-state index in [1.807, 2.05) is 0 Å². The molecule has 3 N–H and O–H groups in total. The van der Waals surface area contributed by atoms with Crippen LogP contribution in [0.15, 0.2) is 18.2 Å². The molecule has 5 nitrogen and oxygen atoms in total. The summed E-state index contributed by atoms with van der Waals surface area (Å²) in [7, 11) is 0. The summed E-state index contributed by atoms with van der Waals surface area (Å²) >= 11 is 2.06. The molecule has 1 atom stereocenters. The van der Waals surface area contributed by atoms with Gasteiger partial charge >= 0.3 is 5.97 Å². The first kappa shape index (κ1) is 14.8. The molecule has 6 heteroatoms. The van der Waals surface area contributed by atoms with Crippen LogP contribution in [-0.4, -0.2) is 30.1 Å². The first-order valence-corrected chi connectivity index (χ1v) is 8.14. The minimum atomic E-state index is -1.02. The first-order valence-electron chi connectivity index (χ1n) is 7.06. The smallest absolute Gasteiger partial charge is 0.337 e. The number of carbonyl (C=O) groups excluding carboxylic acids is 1. The molecule has 21 heavy (non-hydrogen) atoms. The average Bonchev–Trinajstić information content (AvgIpc) is 3.15. The fraction of sp³-hybridized carbons (Fsp3) is 0.467. The highest BCUT2D eigenvalue weighted by molar-refractivity contribution is 14.1. The van der Waals surface area contributed by atoms with Crippen molar-refractivity contribution < 1.29 is 14.7 Å². The molecule has 1 aliphatic carbocycles. The molecule has 1 spiro atoms. The lowest BCUT2D eigenvalue weighted by molar-refractivity contribution is -0.118. The molecular weight excluding hydrogens is 383 g/mol. The number of aromatic carboxylic acids is 1. The number of hydrogen-bond acceptors (Lipinski definition) is 3. The van der Waals surface area contributed by atoms with Gasteiger partial charge in [0.15, 0.2) is 0 Å². The number of carboxylic acids is 1. The summed E-state index contributed by atoms with van der Waals surface area (Å²) < 4.78 is 0.837. The molecule has 1 heterocycles. The first-order chi connectivity index (χ1) is 10.0. The summed E-state index contributed by atoms with van der Waals surface area (Å²) in [6.45, 7) is 1.93. The predicted molar refractivity (Wildman–Crippen MR) is 87.4 cm³/mol.